The molecule has 55 heavy (non-hydrogen) atoms. The summed E-state index contributed by atoms with van der Waals surface area (Å²) in [7, 11) is 0. The highest BCUT2D eigenvalue weighted by Gasteiger charge is 2.52. The first kappa shape index (κ1) is 31.7. The van der Waals surface area contributed by atoms with E-state index in [-0.39, 0.29) is 5.92 Å². The summed E-state index contributed by atoms with van der Waals surface area (Å²) >= 11 is 0. The van der Waals surface area contributed by atoms with Gasteiger partial charge in [-0.25, -0.2) is 9.97 Å². The van der Waals surface area contributed by atoms with Crippen molar-refractivity contribution in [2.75, 3.05) is 0 Å². The molecule has 0 amide bonds. The van der Waals surface area contributed by atoms with Gasteiger partial charge in [-0.05, 0) is 68.3 Å². The minimum absolute atomic E-state index is 0.115. The molecule has 1 aliphatic heterocycles. The molecule has 3 nitrogen and oxygen atoms in total. The molecular formula is C52H36N2O. The maximum absolute atomic E-state index is 6.88. The first-order chi connectivity index (χ1) is 27.2. The number of hydrogen-bond acceptors (Lipinski definition) is 3. The van der Waals surface area contributed by atoms with Crippen LogP contribution < -0.4 is 4.74 Å². The van der Waals surface area contributed by atoms with Gasteiger partial charge in [-0.1, -0.05) is 171 Å². The van der Waals surface area contributed by atoms with Gasteiger partial charge in [0.05, 0.1) is 16.8 Å². The van der Waals surface area contributed by atoms with Crippen molar-refractivity contribution in [2.24, 2.45) is 5.92 Å². The maximum atomic E-state index is 6.88. The fourth-order valence-corrected chi connectivity index (χ4v) is 9.40. The summed E-state index contributed by atoms with van der Waals surface area (Å²) in [5, 5.41) is 2.37. The lowest BCUT2D eigenvalue weighted by atomic mass is 9.63. The van der Waals surface area contributed by atoms with Crippen LogP contribution in [0.2, 0.25) is 0 Å². The van der Waals surface area contributed by atoms with E-state index in [9.17, 15) is 0 Å². The Balaban J connectivity index is 1.16. The van der Waals surface area contributed by atoms with E-state index in [2.05, 4.69) is 189 Å². The highest BCUT2D eigenvalue weighted by molar-refractivity contribution is 6.04. The van der Waals surface area contributed by atoms with Crippen LogP contribution in [-0.2, 0) is 5.41 Å². The fraction of sp³-hybridized carbons (Fsp3) is 0.0769. The Kier molecular flexibility index (Phi) is 7.12. The maximum Gasteiger partial charge on any atom is 0.156 e. The third-order valence-corrected chi connectivity index (χ3v) is 11.8. The average molecular weight is 705 g/mol. The number of ether oxygens (including phenoxy) is 1. The molecule has 0 bridgehead atoms. The molecule has 0 radical (unpaired) electrons. The molecule has 1 aromatic heterocycles. The number of nitrogens with zero attached hydrogens (tertiary/aromatic N) is 2. The Morgan fingerprint density at radius 2 is 1.05 bits per heavy atom. The smallest absolute Gasteiger partial charge is 0.156 e. The van der Waals surface area contributed by atoms with Gasteiger partial charge in [-0.2, -0.15) is 0 Å². The lowest BCUT2D eigenvalue weighted by Crippen LogP contribution is -2.36. The first-order valence-electron chi connectivity index (χ1n) is 19.1. The van der Waals surface area contributed by atoms with Crippen LogP contribution >= 0.6 is 0 Å². The van der Waals surface area contributed by atoms with Crippen LogP contribution in [0.5, 0.6) is 5.75 Å². The van der Waals surface area contributed by atoms with Gasteiger partial charge in [0.2, 0.25) is 0 Å². The largest absolute Gasteiger partial charge is 0.461 e. The molecule has 7 aromatic carbocycles. The number of benzene rings is 7. The number of aromatic nitrogens is 2. The zero-order valence-electron chi connectivity index (χ0n) is 30.4. The molecule has 8 aromatic rings. The van der Waals surface area contributed by atoms with Crippen molar-refractivity contribution in [3.05, 3.63) is 216 Å². The second-order valence-corrected chi connectivity index (χ2v) is 14.9. The predicted octanol–water partition coefficient (Wildman–Crippen LogP) is 12.7. The minimum atomic E-state index is -0.536. The predicted molar refractivity (Wildman–Crippen MR) is 223 cm³/mol. The molecule has 11 rings (SSSR count). The molecule has 2 aliphatic carbocycles. The summed E-state index contributed by atoms with van der Waals surface area (Å²) in [5.41, 5.74) is 14.4. The van der Waals surface area contributed by atoms with E-state index in [0.29, 0.717) is 0 Å². The fourth-order valence-electron chi connectivity index (χ4n) is 9.40. The molecule has 3 heteroatoms. The number of fused-ring (bicyclic) bond motifs is 9. The topological polar surface area (TPSA) is 35.0 Å². The molecule has 2 heterocycles. The highest BCUT2D eigenvalue weighted by atomic mass is 16.5. The van der Waals surface area contributed by atoms with Crippen LogP contribution in [-0.4, -0.2) is 9.97 Å². The normalized spacial score (nSPS) is 16.2. The summed E-state index contributed by atoms with van der Waals surface area (Å²) in [5.74, 6) is 2.81. The molecular weight excluding hydrogens is 669 g/mol. The molecule has 0 saturated carbocycles. The van der Waals surface area contributed by atoms with Crippen molar-refractivity contribution in [1.82, 2.24) is 9.97 Å². The molecule has 1 atom stereocenters. The molecule has 1 spiro atoms. The zero-order valence-corrected chi connectivity index (χ0v) is 30.4. The van der Waals surface area contributed by atoms with Gasteiger partial charge in [0.15, 0.2) is 5.82 Å². The van der Waals surface area contributed by atoms with Crippen molar-refractivity contribution in [2.45, 2.75) is 18.8 Å². The minimum Gasteiger partial charge on any atom is -0.461 e. The summed E-state index contributed by atoms with van der Waals surface area (Å²) in [6, 6.07) is 62.8. The van der Waals surface area contributed by atoms with Crippen molar-refractivity contribution >= 4 is 16.3 Å². The van der Waals surface area contributed by atoms with Crippen molar-refractivity contribution < 1.29 is 4.74 Å². The van der Waals surface area contributed by atoms with Crippen LogP contribution in [0.15, 0.2) is 193 Å². The highest BCUT2D eigenvalue weighted by Crippen LogP contribution is 2.62. The lowest BCUT2D eigenvalue weighted by Gasteiger charge is -2.42. The Morgan fingerprint density at radius 1 is 0.509 bits per heavy atom. The van der Waals surface area contributed by atoms with E-state index in [1.807, 2.05) is 0 Å². The van der Waals surface area contributed by atoms with Gasteiger partial charge in [-0.15, -0.1) is 0 Å². The number of rotatable bonds is 4. The summed E-state index contributed by atoms with van der Waals surface area (Å²) in [6.45, 7) is 2.28. The van der Waals surface area contributed by atoms with E-state index < -0.39 is 5.41 Å². The van der Waals surface area contributed by atoms with E-state index in [1.54, 1.807) is 0 Å². The van der Waals surface area contributed by atoms with Crippen molar-refractivity contribution in [1.29, 1.82) is 0 Å². The van der Waals surface area contributed by atoms with Crippen molar-refractivity contribution in [3.63, 3.8) is 0 Å². The summed E-state index contributed by atoms with van der Waals surface area (Å²) in [6.07, 6.45) is 3.12. The van der Waals surface area contributed by atoms with E-state index in [1.165, 1.54) is 55.3 Å². The van der Waals surface area contributed by atoms with Crippen LogP contribution in [0.1, 0.15) is 35.9 Å². The number of allylic oxidation sites excluding steroid dienone is 4. The van der Waals surface area contributed by atoms with Gasteiger partial charge >= 0.3 is 0 Å². The Hall–Kier alpha value is -6.84. The Morgan fingerprint density at radius 3 is 1.76 bits per heavy atom. The SMILES string of the molecule is CC1CC2=C(C=C1c1nc(-c3ccccc3)cc(-c3ccc(-c4ccccc4)c4ccccc34)n1)C1(c3ccccc3O2)c2ccccc2-c2ccccc21. The van der Waals surface area contributed by atoms with Gasteiger partial charge in [0.1, 0.15) is 11.5 Å². The van der Waals surface area contributed by atoms with Crippen molar-refractivity contribution in [3.8, 4) is 50.5 Å². The molecule has 0 N–H and O–H groups in total. The van der Waals surface area contributed by atoms with Crippen LogP contribution in [0.4, 0.5) is 0 Å². The molecule has 260 valence electrons. The van der Waals surface area contributed by atoms with E-state index in [0.717, 1.165) is 51.8 Å². The molecule has 0 saturated heterocycles. The second kappa shape index (κ2) is 12.4. The van der Waals surface area contributed by atoms with E-state index >= 15 is 0 Å². The van der Waals surface area contributed by atoms with E-state index in [4.69, 9.17) is 14.7 Å². The molecule has 1 unspecified atom stereocenters. The van der Waals surface area contributed by atoms with Gasteiger partial charge in [0, 0.05) is 34.3 Å². The zero-order chi connectivity index (χ0) is 36.5. The average Bonchev–Trinajstić information content (AvgIpc) is 3.54. The monoisotopic (exact) mass is 704 g/mol. The summed E-state index contributed by atoms with van der Waals surface area (Å²) < 4.78 is 6.88. The van der Waals surface area contributed by atoms with Crippen LogP contribution in [0.3, 0.4) is 0 Å². The second-order valence-electron chi connectivity index (χ2n) is 14.9. The standard InChI is InChI=1S/C52H36N2O/c1-33-30-50-46(52(45-26-14-15-27-49(45)55-50)43-24-12-10-22-39(43)40-23-11-13-25-44(40)52)31-42(33)51-53-47(35-18-6-3-7-19-35)32-48(54-51)41-29-28-36(34-16-4-2-5-17-34)37-20-8-9-21-38(37)41/h2-29,31-33H,30H2,1H3. The molecule has 3 aliphatic rings. The Bertz CT molecular complexity index is 2840. The van der Waals surface area contributed by atoms with Gasteiger partial charge in [0.25, 0.3) is 0 Å². The third kappa shape index (κ3) is 4.76. The lowest BCUT2D eigenvalue weighted by molar-refractivity contribution is 0.350. The Labute approximate surface area is 321 Å². The first-order valence-corrected chi connectivity index (χ1v) is 19.1. The third-order valence-electron chi connectivity index (χ3n) is 11.8. The summed E-state index contributed by atoms with van der Waals surface area (Å²) in [4.78, 5) is 10.9. The molecule has 0 fully saturated rings. The number of para-hydroxylation sites is 1. The number of hydrogen-bond donors (Lipinski definition) is 0. The van der Waals surface area contributed by atoms with Gasteiger partial charge in [-0.3, -0.25) is 0 Å². The van der Waals surface area contributed by atoms with Gasteiger partial charge < -0.3 is 4.74 Å². The van der Waals surface area contributed by atoms with Crippen LogP contribution in [0, 0.1) is 5.92 Å². The van der Waals surface area contributed by atoms with Crippen LogP contribution in [0.25, 0.3) is 61.1 Å². The quantitative estimate of drug-likeness (QED) is 0.183.